The number of rotatable bonds is 4. The van der Waals surface area contributed by atoms with Gasteiger partial charge in [-0.15, -0.1) is 0 Å². The zero-order valence-electron chi connectivity index (χ0n) is 18.0. The molecule has 0 saturated carbocycles. The van der Waals surface area contributed by atoms with E-state index in [0.29, 0.717) is 23.1 Å². The number of carbonyl (C=O) groups excluding carboxylic acids is 1. The van der Waals surface area contributed by atoms with Crippen LogP contribution in [0.25, 0.3) is 21.2 Å². The van der Waals surface area contributed by atoms with E-state index in [1.165, 1.54) is 11.3 Å². The lowest BCUT2D eigenvalue weighted by atomic mass is 10.1. The number of pyridine rings is 2. The first-order chi connectivity index (χ1) is 16.2. The van der Waals surface area contributed by atoms with E-state index in [1.807, 2.05) is 30.3 Å². The lowest BCUT2D eigenvalue weighted by Gasteiger charge is -2.26. The number of aromatic nitrogens is 3. The van der Waals surface area contributed by atoms with Crippen LogP contribution in [0.3, 0.4) is 0 Å². The molecule has 3 N–H and O–H groups in total. The molecule has 33 heavy (non-hydrogen) atoms. The summed E-state index contributed by atoms with van der Waals surface area (Å²) in [6, 6.07) is 11.5. The Balaban J connectivity index is 1.35. The van der Waals surface area contributed by atoms with E-state index < -0.39 is 0 Å². The number of nitrogen functional groups attached to an aromatic ring is 1. The van der Waals surface area contributed by atoms with E-state index in [2.05, 4.69) is 25.2 Å². The molecule has 4 heterocycles. The van der Waals surface area contributed by atoms with Crippen molar-refractivity contribution in [3.05, 3.63) is 60.6 Å². The molecule has 0 aliphatic carbocycles. The third kappa shape index (κ3) is 4.94. The summed E-state index contributed by atoms with van der Waals surface area (Å²) in [6.07, 6.45) is 7.26. The third-order valence-electron chi connectivity index (χ3n) is 5.58. The smallest absolute Gasteiger partial charge is 0.257 e. The number of hydrogen-bond donors (Lipinski definition) is 2. The Morgan fingerprint density at radius 3 is 2.82 bits per heavy atom. The molecule has 3 aromatic heterocycles. The maximum atomic E-state index is 13.0. The predicted molar refractivity (Wildman–Crippen MR) is 132 cm³/mol. The number of ether oxygens (including phenoxy) is 1. The van der Waals surface area contributed by atoms with E-state index in [0.717, 1.165) is 59.6 Å². The average Bonchev–Trinajstić information content (AvgIpc) is 3.25. The second kappa shape index (κ2) is 9.51. The van der Waals surface area contributed by atoms with Crippen molar-refractivity contribution in [1.82, 2.24) is 15.0 Å². The molecule has 8 nitrogen and oxygen atoms in total. The Morgan fingerprint density at radius 2 is 1.94 bits per heavy atom. The molecule has 9 heteroatoms. The van der Waals surface area contributed by atoms with Crippen molar-refractivity contribution in [3.63, 3.8) is 0 Å². The lowest BCUT2D eigenvalue weighted by Crippen LogP contribution is -2.31. The van der Waals surface area contributed by atoms with Crippen molar-refractivity contribution in [2.75, 3.05) is 42.3 Å². The highest BCUT2D eigenvalue weighted by Crippen LogP contribution is 2.30. The van der Waals surface area contributed by atoms with Gasteiger partial charge in [0.05, 0.1) is 11.5 Å². The molecule has 1 fully saturated rings. The summed E-state index contributed by atoms with van der Waals surface area (Å²) in [6.45, 7) is 3.14. The first-order valence-corrected chi connectivity index (χ1v) is 11.7. The number of nitrogens with one attached hydrogen (secondary N) is 1. The highest BCUT2D eigenvalue weighted by atomic mass is 32.1. The summed E-state index contributed by atoms with van der Waals surface area (Å²) in [5.41, 5.74) is 7.34. The summed E-state index contributed by atoms with van der Waals surface area (Å²) in [5.74, 6) is 1.06. The predicted octanol–water partition coefficient (Wildman–Crippen LogP) is 4.20. The van der Waals surface area contributed by atoms with Crippen LogP contribution >= 0.6 is 11.3 Å². The Labute approximate surface area is 195 Å². The maximum absolute atomic E-state index is 13.0. The van der Waals surface area contributed by atoms with Gasteiger partial charge in [0.15, 0.2) is 5.13 Å². The highest BCUT2D eigenvalue weighted by molar-refractivity contribution is 7.18. The molecule has 168 valence electrons. The van der Waals surface area contributed by atoms with Crippen LogP contribution in [0.2, 0.25) is 0 Å². The van der Waals surface area contributed by atoms with Crippen LogP contribution in [-0.2, 0) is 4.74 Å². The first kappa shape index (κ1) is 21.3. The zero-order chi connectivity index (χ0) is 22.6. The Hall–Kier alpha value is -3.56. The first-order valence-electron chi connectivity index (χ1n) is 10.9. The maximum Gasteiger partial charge on any atom is 0.257 e. The van der Waals surface area contributed by atoms with E-state index in [1.54, 1.807) is 24.7 Å². The standard InChI is InChI=1S/C24H24N6O2S/c25-24-28-15-20(33-24)16-3-4-18-14-27-21(12-19(18)11-16)29-23(31)17-5-6-26-22(13-17)30-7-1-2-9-32-10-8-30/h3-6,11-15H,1-2,7-10H2,(H2,25,28)(H,27,29,31). The Bertz CT molecular complexity index is 1280. The fourth-order valence-corrected chi connectivity index (χ4v) is 4.51. The van der Waals surface area contributed by atoms with Crippen molar-refractivity contribution in [1.29, 1.82) is 0 Å². The minimum absolute atomic E-state index is 0.222. The number of nitrogens with zero attached hydrogens (tertiary/aromatic N) is 4. The molecule has 0 spiro atoms. The second-order valence-electron chi connectivity index (χ2n) is 7.86. The number of anilines is 3. The van der Waals surface area contributed by atoms with Crippen LogP contribution in [-0.4, -0.2) is 47.2 Å². The Kier molecular flexibility index (Phi) is 6.14. The van der Waals surface area contributed by atoms with Gasteiger partial charge in [-0.25, -0.2) is 15.0 Å². The van der Waals surface area contributed by atoms with Gasteiger partial charge in [0.1, 0.15) is 11.6 Å². The van der Waals surface area contributed by atoms with Gasteiger partial charge < -0.3 is 20.7 Å². The number of amides is 1. The molecule has 1 amide bonds. The number of hydrogen-bond acceptors (Lipinski definition) is 8. The number of nitrogens with two attached hydrogens (primary N) is 1. The molecular weight excluding hydrogens is 436 g/mol. The monoisotopic (exact) mass is 460 g/mol. The molecular formula is C24H24N6O2S. The summed E-state index contributed by atoms with van der Waals surface area (Å²) in [5, 5.41) is 5.41. The number of thiazole rings is 1. The van der Waals surface area contributed by atoms with Crippen LogP contribution in [0.5, 0.6) is 0 Å². The number of carbonyl (C=O) groups is 1. The zero-order valence-corrected chi connectivity index (χ0v) is 18.8. The molecule has 1 aromatic carbocycles. The van der Waals surface area contributed by atoms with Gasteiger partial charge in [-0.3, -0.25) is 4.79 Å². The topological polar surface area (TPSA) is 106 Å². The number of fused-ring (bicyclic) bond motifs is 1. The highest BCUT2D eigenvalue weighted by Gasteiger charge is 2.14. The molecule has 0 unspecified atom stereocenters. The van der Waals surface area contributed by atoms with E-state index >= 15 is 0 Å². The molecule has 0 radical (unpaired) electrons. The van der Waals surface area contributed by atoms with Crippen molar-refractivity contribution >= 4 is 44.8 Å². The van der Waals surface area contributed by atoms with Crippen LogP contribution in [0, 0.1) is 0 Å². The fourth-order valence-electron chi connectivity index (χ4n) is 3.83. The summed E-state index contributed by atoms with van der Waals surface area (Å²) in [4.78, 5) is 29.1. The normalized spacial score (nSPS) is 14.6. The lowest BCUT2D eigenvalue weighted by molar-refractivity contribution is 0.102. The minimum Gasteiger partial charge on any atom is -0.380 e. The van der Waals surface area contributed by atoms with Crippen molar-refractivity contribution in [2.24, 2.45) is 0 Å². The van der Waals surface area contributed by atoms with Crippen molar-refractivity contribution < 1.29 is 9.53 Å². The van der Waals surface area contributed by atoms with Crippen LogP contribution in [0.1, 0.15) is 23.2 Å². The van der Waals surface area contributed by atoms with E-state index in [-0.39, 0.29) is 5.91 Å². The fraction of sp³-hybridized carbons (Fsp3) is 0.250. The van der Waals surface area contributed by atoms with E-state index in [4.69, 9.17) is 10.5 Å². The summed E-state index contributed by atoms with van der Waals surface area (Å²) in [7, 11) is 0. The largest absolute Gasteiger partial charge is 0.380 e. The van der Waals surface area contributed by atoms with Crippen LogP contribution < -0.4 is 16.0 Å². The van der Waals surface area contributed by atoms with Gasteiger partial charge in [-0.2, -0.15) is 0 Å². The minimum atomic E-state index is -0.222. The molecule has 4 aromatic rings. The molecule has 1 saturated heterocycles. The van der Waals surface area contributed by atoms with Gasteiger partial charge in [-0.05, 0) is 48.1 Å². The van der Waals surface area contributed by atoms with Gasteiger partial charge in [0.25, 0.3) is 5.91 Å². The van der Waals surface area contributed by atoms with Crippen LogP contribution in [0.15, 0.2) is 55.0 Å². The van der Waals surface area contributed by atoms with Crippen molar-refractivity contribution in [3.8, 4) is 10.4 Å². The van der Waals surface area contributed by atoms with E-state index in [9.17, 15) is 4.79 Å². The van der Waals surface area contributed by atoms with Gasteiger partial charge in [0, 0.05) is 49.2 Å². The van der Waals surface area contributed by atoms with Gasteiger partial charge >= 0.3 is 0 Å². The molecule has 5 rings (SSSR count). The molecule has 0 bridgehead atoms. The van der Waals surface area contributed by atoms with Gasteiger partial charge in [0.2, 0.25) is 0 Å². The molecule has 1 aliphatic heterocycles. The van der Waals surface area contributed by atoms with Crippen molar-refractivity contribution in [2.45, 2.75) is 12.8 Å². The Morgan fingerprint density at radius 1 is 1.00 bits per heavy atom. The quantitative estimate of drug-likeness (QED) is 0.470. The third-order valence-corrected chi connectivity index (χ3v) is 6.45. The molecule has 1 aliphatic rings. The van der Waals surface area contributed by atoms with Gasteiger partial charge in [-0.1, -0.05) is 23.5 Å². The average molecular weight is 461 g/mol. The SMILES string of the molecule is Nc1ncc(-c2ccc3cnc(NC(=O)c4ccnc(N5CCCCOCC5)c4)cc3c2)s1. The second-order valence-corrected chi connectivity index (χ2v) is 8.92. The number of benzene rings is 1. The van der Waals surface area contributed by atoms with Crippen LogP contribution in [0.4, 0.5) is 16.8 Å². The summed E-state index contributed by atoms with van der Waals surface area (Å²) >= 11 is 1.44. The summed E-state index contributed by atoms with van der Waals surface area (Å²) < 4.78 is 5.59. The molecule has 0 atom stereocenters.